The highest BCUT2D eigenvalue weighted by Gasteiger charge is 2.20. The van der Waals surface area contributed by atoms with Gasteiger partial charge in [-0.3, -0.25) is 0 Å². The van der Waals surface area contributed by atoms with E-state index in [-0.39, 0.29) is 10.5 Å². The Bertz CT molecular complexity index is 568. The first-order valence-corrected chi connectivity index (χ1v) is 7.12. The quantitative estimate of drug-likeness (QED) is 0.821. The third-order valence-corrected chi connectivity index (χ3v) is 4.33. The van der Waals surface area contributed by atoms with Gasteiger partial charge in [-0.25, -0.2) is 8.78 Å². The molecule has 18 heavy (non-hydrogen) atoms. The molecule has 0 spiro atoms. The van der Waals surface area contributed by atoms with Gasteiger partial charge in [0.2, 0.25) is 0 Å². The molecular weight excluding hydrogens is 320 g/mol. The van der Waals surface area contributed by atoms with E-state index in [9.17, 15) is 8.78 Å². The second kappa shape index (κ2) is 5.47. The molecule has 0 saturated heterocycles. The van der Waals surface area contributed by atoms with Gasteiger partial charge in [0.15, 0.2) is 0 Å². The molecule has 1 atom stereocenters. The number of hydrogen-bond donors (Lipinski definition) is 1. The first-order valence-electron chi connectivity index (χ1n) is 5.39. The number of aryl methyl sites for hydroxylation is 1. The van der Waals surface area contributed by atoms with E-state index in [4.69, 9.17) is 0 Å². The SMILES string of the molecule is CNC(c1cscc1C)c1cc(F)c(Br)cc1F. The lowest BCUT2D eigenvalue weighted by atomic mass is 9.98. The number of benzene rings is 1. The van der Waals surface area contributed by atoms with Crippen LogP contribution in [0.2, 0.25) is 0 Å². The summed E-state index contributed by atoms with van der Waals surface area (Å²) in [4.78, 5) is 0. The molecule has 1 nitrogen and oxygen atoms in total. The van der Waals surface area contributed by atoms with Crippen molar-refractivity contribution in [2.24, 2.45) is 0 Å². The monoisotopic (exact) mass is 331 g/mol. The van der Waals surface area contributed by atoms with Gasteiger partial charge in [0.25, 0.3) is 0 Å². The van der Waals surface area contributed by atoms with E-state index in [0.717, 1.165) is 17.2 Å². The molecule has 0 radical (unpaired) electrons. The van der Waals surface area contributed by atoms with Gasteiger partial charge in [0.1, 0.15) is 11.6 Å². The molecule has 1 aromatic carbocycles. The average Bonchev–Trinajstić information content (AvgIpc) is 2.73. The normalized spacial score (nSPS) is 12.7. The van der Waals surface area contributed by atoms with E-state index in [1.807, 2.05) is 17.7 Å². The first-order chi connectivity index (χ1) is 8.54. The van der Waals surface area contributed by atoms with Gasteiger partial charge in [-0.05, 0) is 63.9 Å². The van der Waals surface area contributed by atoms with Crippen LogP contribution >= 0.6 is 27.3 Å². The minimum absolute atomic E-state index is 0.139. The summed E-state index contributed by atoms with van der Waals surface area (Å²) in [5, 5.41) is 6.98. The van der Waals surface area contributed by atoms with Crippen LogP contribution < -0.4 is 5.32 Å². The van der Waals surface area contributed by atoms with Gasteiger partial charge in [0, 0.05) is 5.56 Å². The lowest BCUT2D eigenvalue weighted by Crippen LogP contribution is -2.19. The Morgan fingerprint density at radius 2 is 1.89 bits per heavy atom. The van der Waals surface area contributed by atoms with Crippen LogP contribution in [0.5, 0.6) is 0 Å². The van der Waals surface area contributed by atoms with Crippen LogP contribution in [-0.2, 0) is 0 Å². The number of rotatable bonds is 3. The zero-order valence-electron chi connectivity index (χ0n) is 9.93. The molecule has 0 aliphatic carbocycles. The Kier molecular flexibility index (Phi) is 4.14. The summed E-state index contributed by atoms with van der Waals surface area (Å²) in [7, 11) is 1.74. The van der Waals surface area contributed by atoms with Crippen molar-refractivity contribution in [3.8, 4) is 0 Å². The van der Waals surface area contributed by atoms with E-state index < -0.39 is 11.6 Å². The molecule has 0 amide bonds. The number of thiophene rings is 1. The number of hydrogen-bond acceptors (Lipinski definition) is 2. The fourth-order valence-electron chi connectivity index (χ4n) is 1.90. The van der Waals surface area contributed by atoms with E-state index >= 15 is 0 Å². The topological polar surface area (TPSA) is 12.0 Å². The van der Waals surface area contributed by atoms with Crippen LogP contribution in [0.1, 0.15) is 22.7 Å². The standard InChI is InChI=1S/C13H12BrF2NS/c1-7-5-18-6-9(7)13(17-2)8-3-12(16)10(14)4-11(8)15/h3-6,13,17H,1-2H3. The van der Waals surface area contributed by atoms with Crippen LogP contribution in [0, 0.1) is 18.6 Å². The Labute approximate surface area is 117 Å². The highest BCUT2D eigenvalue weighted by Crippen LogP contribution is 2.31. The van der Waals surface area contributed by atoms with Gasteiger partial charge < -0.3 is 5.32 Å². The minimum atomic E-state index is -0.459. The maximum absolute atomic E-state index is 14.0. The largest absolute Gasteiger partial charge is 0.309 e. The van der Waals surface area contributed by atoms with E-state index in [0.29, 0.717) is 5.56 Å². The molecule has 5 heteroatoms. The van der Waals surface area contributed by atoms with Crippen LogP contribution in [0.15, 0.2) is 27.4 Å². The third-order valence-electron chi connectivity index (χ3n) is 2.85. The van der Waals surface area contributed by atoms with Gasteiger partial charge in [-0.2, -0.15) is 11.3 Å². The molecule has 1 heterocycles. The second-order valence-corrected chi connectivity index (χ2v) is 5.62. The Morgan fingerprint density at radius 1 is 1.17 bits per heavy atom. The average molecular weight is 332 g/mol. The minimum Gasteiger partial charge on any atom is -0.309 e. The highest BCUT2D eigenvalue weighted by atomic mass is 79.9. The summed E-state index contributed by atoms with van der Waals surface area (Å²) in [6.07, 6.45) is 0. The molecule has 0 aliphatic rings. The molecule has 1 N–H and O–H groups in total. The van der Waals surface area contributed by atoms with E-state index in [2.05, 4.69) is 21.2 Å². The molecule has 2 aromatic rings. The van der Waals surface area contributed by atoms with Gasteiger partial charge in [-0.1, -0.05) is 0 Å². The molecule has 0 fully saturated rings. The molecule has 0 saturated carbocycles. The summed E-state index contributed by atoms with van der Waals surface area (Å²) in [5.41, 5.74) is 2.37. The first kappa shape index (κ1) is 13.6. The van der Waals surface area contributed by atoms with Crippen LogP contribution in [0.25, 0.3) is 0 Å². The van der Waals surface area contributed by atoms with Gasteiger partial charge in [0.05, 0.1) is 10.5 Å². The molecule has 2 rings (SSSR count). The lowest BCUT2D eigenvalue weighted by molar-refractivity contribution is 0.554. The van der Waals surface area contributed by atoms with Crippen LogP contribution in [0.4, 0.5) is 8.78 Å². The summed E-state index contributed by atoms with van der Waals surface area (Å²) < 4.78 is 27.7. The maximum Gasteiger partial charge on any atom is 0.137 e. The molecule has 1 aromatic heterocycles. The fraction of sp³-hybridized carbons (Fsp3) is 0.231. The smallest absolute Gasteiger partial charge is 0.137 e. The summed E-state index contributed by atoms with van der Waals surface area (Å²) in [5.74, 6) is -0.882. The third kappa shape index (κ3) is 2.48. The predicted molar refractivity (Wildman–Crippen MR) is 74.0 cm³/mol. The fourth-order valence-corrected chi connectivity index (χ4v) is 3.10. The number of halogens is 3. The van der Waals surface area contributed by atoms with Crippen molar-refractivity contribution in [2.45, 2.75) is 13.0 Å². The zero-order valence-corrected chi connectivity index (χ0v) is 12.3. The maximum atomic E-state index is 14.0. The highest BCUT2D eigenvalue weighted by molar-refractivity contribution is 9.10. The van der Waals surface area contributed by atoms with Crippen molar-refractivity contribution in [1.82, 2.24) is 5.32 Å². The molecule has 0 aliphatic heterocycles. The number of nitrogens with one attached hydrogen (secondary N) is 1. The van der Waals surface area contributed by atoms with Crippen LogP contribution in [0.3, 0.4) is 0 Å². The summed E-state index contributed by atoms with van der Waals surface area (Å²) >= 11 is 4.53. The van der Waals surface area contributed by atoms with Crippen molar-refractivity contribution in [3.05, 3.63) is 55.7 Å². The Hall–Kier alpha value is -0.780. The van der Waals surface area contributed by atoms with Crippen molar-refractivity contribution in [2.75, 3.05) is 7.05 Å². The predicted octanol–water partition coefficient (Wildman–Crippen LogP) is 4.41. The van der Waals surface area contributed by atoms with Crippen LogP contribution in [-0.4, -0.2) is 7.05 Å². The second-order valence-electron chi connectivity index (χ2n) is 4.02. The van der Waals surface area contributed by atoms with Crippen molar-refractivity contribution in [3.63, 3.8) is 0 Å². The summed E-state index contributed by atoms with van der Waals surface area (Å²) in [6, 6.07) is 2.06. The molecule has 96 valence electrons. The lowest BCUT2D eigenvalue weighted by Gasteiger charge is -2.18. The van der Waals surface area contributed by atoms with Crippen molar-refractivity contribution >= 4 is 27.3 Å². The Morgan fingerprint density at radius 3 is 2.44 bits per heavy atom. The molecular formula is C13H12BrF2NS. The zero-order chi connectivity index (χ0) is 13.3. The van der Waals surface area contributed by atoms with E-state index in [1.165, 1.54) is 6.07 Å². The van der Waals surface area contributed by atoms with Crippen molar-refractivity contribution in [1.29, 1.82) is 0 Å². The van der Waals surface area contributed by atoms with E-state index in [1.54, 1.807) is 18.4 Å². The summed E-state index contributed by atoms with van der Waals surface area (Å²) in [6.45, 7) is 1.96. The molecule has 1 unspecified atom stereocenters. The van der Waals surface area contributed by atoms with Gasteiger partial charge >= 0.3 is 0 Å². The molecule has 0 bridgehead atoms. The Balaban J connectivity index is 2.52. The van der Waals surface area contributed by atoms with Gasteiger partial charge in [-0.15, -0.1) is 0 Å². The van der Waals surface area contributed by atoms with Crippen molar-refractivity contribution < 1.29 is 8.78 Å².